The molecule has 1 amide bonds. The number of nitrogens with one attached hydrogen (secondary N) is 1. The molecule has 2 aliphatic heterocycles. The minimum Gasteiger partial charge on any atom is -0.547 e. The number of carboxylic acids is 1. The Bertz CT molecular complexity index is 1310. The molecule has 2 saturated heterocycles. The zero-order valence-electron chi connectivity index (χ0n) is 32.2. The normalized spacial score (nSPS) is 37.6. The summed E-state index contributed by atoms with van der Waals surface area (Å²) in [6.07, 6.45) is -20.2. The Morgan fingerprint density at radius 3 is 2.12 bits per heavy atom. The molecule has 0 aromatic rings. The molecule has 316 valence electrons. The van der Waals surface area contributed by atoms with Crippen molar-refractivity contribution in [2.75, 3.05) is 6.61 Å². The van der Waals surface area contributed by atoms with Gasteiger partial charge in [0, 0.05) is 25.7 Å². The fourth-order valence-electron chi connectivity index (χ4n) is 8.20. The van der Waals surface area contributed by atoms with Gasteiger partial charge in [-0.1, -0.05) is 45.4 Å². The number of hydrogen-bond donors (Lipinski definition) is 6. The average Bonchev–Trinajstić information content (AvgIpc) is 3.13. The summed E-state index contributed by atoms with van der Waals surface area (Å²) in [5, 5.41) is 68.0. The predicted octanol–water partition coefficient (Wildman–Crippen LogP) is -3.44. The van der Waals surface area contributed by atoms with E-state index >= 15 is 0 Å². The van der Waals surface area contributed by atoms with E-state index in [9.17, 15) is 63.0 Å². The largest absolute Gasteiger partial charge is 1.00 e. The summed E-state index contributed by atoms with van der Waals surface area (Å²) in [4.78, 5) is 49.9. The standard InChI is InChI=1S/C36H56F3NO15.Na/c1-4-19-13-20(21(43)10-11-25(44)36(37,38)39)14-22(31(19)55-35-30(48)29(47)27(45)16(2)51-35)53-34-26(40-17(3)42)32(28(46)24(15-41)54-34)52-23(33(49)50)12-18-8-6-5-7-9-18;/h16,18-20,22-24,26-32,34-35,41,45-48H,4-15H2,1-3H3,(H,40,42)(H,49,50);/q;+1/p-1/t16?,19?,20?,22-,23+,24+,26?,27-,28+,29+,30?,31-,32?,34-,35+;/m1./s1. The van der Waals surface area contributed by atoms with E-state index in [2.05, 4.69) is 5.32 Å². The Morgan fingerprint density at radius 1 is 0.893 bits per heavy atom. The molecular formula is C36H55F3NNaO15. The Balaban J connectivity index is 0.00000841. The second-order valence-corrected chi connectivity index (χ2v) is 15.3. The fourth-order valence-corrected chi connectivity index (χ4v) is 8.20. The van der Waals surface area contributed by atoms with Crippen LogP contribution in [0.5, 0.6) is 0 Å². The van der Waals surface area contributed by atoms with Crippen LogP contribution in [-0.4, -0.2) is 141 Å². The van der Waals surface area contributed by atoms with Gasteiger partial charge in [-0.25, -0.2) is 0 Å². The number of hydrogen-bond acceptors (Lipinski definition) is 15. The first-order valence-corrected chi connectivity index (χ1v) is 19.1. The van der Waals surface area contributed by atoms with Crippen molar-refractivity contribution < 1.29 is 116 Å². The van der Waals surface area contributed by atoms with Crippen LogP contribution in [0.3, 0.4) is 0 Å². The summed E-state index contributed by atoms with van der Waals surface area (Å²) >= 11 is 0. The topological polar surface area (TPSA) is 251 Å². The third kappa shape index (κ3) is 12.6. The van der Waals surface area contributed by atoms with E-state index < -0.39 is 141 Å². The molecule has 0 aromatic carbocycles. The summed E-state index contributed by atoms with van der Waals surface area (Å²) in [5.74, 6) is -6.60. The number of aliphatic hydroxyl groups excluding tert-OH is 5. The Hall–Kier alpha value is -1.33. The zero-order valence-corrected chi connectivity index (χ0v) is 34.2. The number of aliphatic hydroxyl groups is 5. The van der Waals surface area contributed by atoms with Crippen LogP contribution in [0.4, 0.5) is 13.2 Å². The van der Waals surface area contributed by atoms with E-state index in [0.717, 1.165) is 39.0 Å². The van der Waals surface area contributed by atoms with Gasteiger partial charge in [0.25, 0.3) is 0 Å². The number of carboxylic acid groups (broad SMARTS) is 1. The van der Waals surface area contributed by atoms with E-state index in [0.29, 0.717) is 0 Å². The second-order valence-electron chi connectivity index (χ2n) is 15.3. The molecule has 0 spiro atoms. The molecule has 0 aromatic heterocycles. The smallest absolute Gasteiger partial charge is 0.547 e. The number of carbonyl (C=O) groups is 4. The number of aliphatic carboxylic acids is 1. The number of ketones is 2. The number of alkyl halides is 3. The van der Waals surface area contributed by atoms with Gasteiger partial charge in [0.2, 0.25) is 11.7 Å². The molecular weight excluding hydrogens is 766 g/mol. The van der Waals surface area contributed by atoms with Crippen LogP contribution in [0.25, 0.3) is 0 Å². The summed E-state index contributed by atoms with van der Waals surface area (Å²) < 4.78 is 69.1. The molecule has 2 saturated carbocycles. The van der Waals surface area contributed by atoms with Gasteiger partial charge < -0.3 is 64.4 Å². The van der Waals surface area contributed by atoms with Crippen molar-refractivity contribution in [3.05, 3.63) is 0 Å². The first-order valence-electron chi connectivity index (χ1n) is 19.1. The van der Waals surface area contributed by atoms with Crippen molar-refractivity contribution in [3.8, 4) is 0 Å². The van der Waals surface area contributed by atoms with Gasteiger partial charge in [0.1, 0.15) is 48.4 Å². The summed E-state index contributed by atoms with van der Waals surface area (Å²) in [5.41, 5.74) is 0. The zero-order chi connectivity index (χ0) is 40.8. The SMILES string of the molecule is CCC1CC(C(=O)CCC(=O)C(F)(F)F)C[C@@H](O[C@@H]2O[C@@H](CO)[C@H](O)C(O[C@@H](CC3CCCCC3)C(=O)[O-])C2NC(C)=O)[C@@H]1O[C@@H]1OC(C)[C@@H](O)[C@H](O)C1O.[Na+]. The van der Waals surface area contributed by atoms with Crippen LogP contribution < -0.4 is 40.0 Å². The minimum atomic E-state index is -5.13. The maximum atomic E-state index is 13.4. The van der Waals surface area contributed by atoms with Gasteiger partial charge in [0.15, 0.2) is 12.6 Å². The molecule has 2 heterocycles. The monoisotopic (exact) mass is 821 g/mol. The molecule has 0 radical (unpaired) electrons. The number of carbonyl (C=O) groups excluding carboxylic acids is 4. The Labute approximate surface area is 345 Å². The second kappa shape index (κ2) is 21.8. The van der Waals surface area contributed by atoms with Gasteiger partial charge in [-0.2, -0.15) is 13.2 Å². The van der Waals surface area contributed by atoms with E-state index in [1.807, 2.05) is 0 Å². The van der Waals surface area contributed by atoms with Crippen molar-refractivity contribution in [2.24, 2.45) is 17.8 Å². The molecule has 6 unspecified atom stereocenters. The van der Waals surface area contributed by atoms with Crippen LogP contribution in [0.2, 0.25) is 0 Å². The summed E-state index contributed by atoms with van der Waals surface area (Å²) in [6.45, 7) is 3.48. The van der Waals surface area contributed by atoms with Crippen molar-refractivity contribution in [1.82, 2.24) is 5.32 Å². The van der Waals surface area contributed by atoms with Gasteiger partial charge in [-0.15, -0.1) is 0 Å². The number of amides is 1. The maximum Gasteiger partial charge on any atom is 1.00 e. The van der Waals surface area contributed by atoms with Crippen LogP contribution in [-0.2, 0) is 42.9 Å². The minimum absolute atomic E-state index is 0. The Kier molecular flexibility index (Phi) is 19.1. The number of ether oxygens (including phenoxy) is 5. The summed E-state index contributed by atoms with van der Waals surface area (Å²) in [7, 11) is 0. The average molecular weight is 822 g/mol. The first-order chi connectivity index (χ1) is 25.9. The van der Waals surface area contributed by atoms with Gasteiger partial charge in [-0.05, 0) is 38.0 Å². The molecule has 16 nitrogen and oxygen atoms in total. The van der Waals surface area contributed by atoms with Crippen molar-refractivity contribution in [1.29, 1.82) is 0 Å². The first kappa shape index (κ1) is 49.0. The molecule has 2 aliphatic carbocycles. The van der Waals surface area contributed by atoms with E-state index in [1.54, 1.807) is 6.92 Å². The quantitative estimate of drug-likeness (QED) is 0.0830. The fraction of sp³-hybridized carbons (Fsp3) is 0.889. The molecule has 6 N–H and O–H groups in total. The van der Waals surface area contributed by atoms with Crippen LogP contribution in [0.15, 0.2) is 0 Å². The molecule has 4 fully saturated rings. The number of Topliss-reactive ketones (excluding diaryl/α,β-unsaturated/α-hetero) is 2. The van der Waals surface area contributed by atoms with E-state index in [-0.39, 0.29) is 61.2 Å². The van der Waals surface area contributed by atoms with E-state index in [1.165, 1.54) is 6.92 Å². The van der Waals surface area contributed by atoms with Crippen molar-refractivity contribution in [3.63, 3.8) is 0 Å². The maximum absolute atomic E-state index is 13.4. The molecule has 56 heavy (non-hydrogen) atoms. The molecule has 20 heteroatoms. The molecule has 0 bridgehead atoms. The molecule has 4 aliphatic rings. The van der Waals surface area contributed by atoms with Gasteiger partial charge >= 0.3 is 35.7 Å². The Morgan fingerprint density at radius 2 is 1.55 bits per heavy atom. The van der Waals surface area contributed by atoms with Gasteiger partial charge in [0.05, 0.1) is 37.0 Å². The molecule has 4 rings (SSSR count). The van der Waals surface area contributed by atoms with Crippen molar-refractivity contribution >= 4 is 23.4 Å². The van der Waals surface area contributed by atoms with Crippen LogP contribution >= 0.6 is 0 Å². The van der Waals surface area contributed by atoms with Crippen LogP contribution in [0, 0.1) is 17.8 Å². The number of rotatable bonds is 16. The van der Waals surface area contributed by atoms with E-state index in [4.69, 9.17) is 23.7 Å². The number of halogens is 3. The molecule has 15 atom stereocenters. The van der Waals surface area contributed by atoms with Crippen LogP contribution in [0.1, 0.15) is 91.4 Å². The summed E-state index contributed by atoms with van der Waals surface area (Å²) in [6, 6.07) is -1.45. The third-order valence-electron chi connectivity index (χ3n) is 11.3. The van der Waals surface area contributed by atoms with Gasteiger partial charge in [-0.3, -0.25) is 14.4 Å². The third-order valence-corrected chi connectivity index (χ3v) is 11.3. The van der Waals surface area contributed by atoms with Crippen molar-refractivity contribution in [2.45, 2.75) is 177 Å². The predicted molar refractivity (Wildman–Crippen MR) is 178 cm³/mol.